The molecule has 2 aromatic rings. The zero-order chi connectivity index (χ0) is 18.4. The zero-order valence-electron chi connectivity index (χ0n) is 14.8. The van der Waals surface area contributed by atoms with Gasteiger partial charge < -0.3 is 24.8 Å². The maximum absolute atomic E-state index is 12.1. The molecule has 1 unspecified atom stereocenters. The Kier molecular flexibility index (Phi) is 5.85. The van der Waals surface area contributed by atoms with Crippen molar-refractivity contribution in [2.24, 2.45) is 0 Å². The highest BCUT2D eigenvalue weighted by atomic mass is 16.5. The van der Waals surface area contributed by atoms with E-state index in [1.54, 1.807) is 26.4 Å². The van der Waals surface area contributed by atoms with Gasteiger partial charge in [0.1, 0.15) is 11.5 Å². The number of nitrogens with zero attached hydrogens (tertiary/aromatic N) is 2. The fourth-order valence-corrected chi connectivity index (χ4v) is 2.65. The second-order valence-corrected chi connectivity index (χ2v) is 5.83. The summed E-state index contributed by atoms with van der Waals surface area (Å²) in [5.74, 6) is 1.44. The number of hydrogen-bond acceptors (Lipinski definition) is 7. The number of ether oxygens (including phenoxy) is 3. The number of hydrogen-bond donors (Lipinski definition) is 2. The van der Waals surface area contributed by atoms with Crippen molar-refractivity contribution in [2.75, 3.05) is 32.7 Å². The largest absolute Gasteiger partial charge is 0.497 e. The first-order chi connectivity index (χ1) is 12.7. The van der Waals surface area contributed by atoms with Gasteiger partial charge >= 0.3 is 0 Å². The Hall–Kier alpha value is -2.87. The highest BCUT2D eigenvalue weighted by Crippen LogP contribution is 2.30. The van der Waals surface area contributed by atoms with Gasteiger partial charge in [0, 0.05) is 31.6 Å². The molecule has 1 atom stereocenters. The topological polar surface area (TPSA) is 94.6 Å². The Bertz CT molecular complexity index is 745. The van der Waals surface area contributed by atoms with E-state index in [1.165, 1.54) is 12.4 Å². The van der Waals surface area contributed by atoms with Crippen molar-refractivity contribution in [3.8, 4) is 11.5 Å². The number of aromatic nitrogens is 2. The molecule has 0 saturated carbocycles. The van der Waals surface area contributed by atoms with Crippen LogP contribution in [-0.4, -0.2) is 49.4 Å². The van der Waals surface area contributed by atoms with Gasteiger partial charge in [-0.2, -0.15) is 0 Å². The zero-order valence-corrected chi connectivity index (χ0v) is 14.8. The Labute approximate surface area is 151 Å². The quantitative estimate of drug-likeness (QED) is 0.783. The van der Waals surface area contributed by atoms with Crippen molar-refractivity contribution in [1.29, 1.82) is 0 Å². The summed E-state index contributed by atoms with van der Waals surface area (Å²) in [5.41, 5.74) is 1.10. The normalized spacial score (nSPS) is 16.2. The third kappa shape index (κ3) is 4.40. The Balaban J connectivity index is 1.61. The fourth-order valence-electron chi connectivity index (χ4n) is 2.65. The van der Waals surface area contributed by atoms with Crippen LogP contribution in [0, 0.1) is 0 Å². The van der Waals surface area contributed by atoms with Gasteiger partial charge in [-0.15, -0.1) is 0 Å². The Morgan fingerprint density at radius 3 is 2.73 bits per heavy atom. The van der Waals surface area contributed by atoms with Gasteiger partial charge in [-0.1, -0.05) is 0 Å². The molecule has 1 aliphatic rings. The van der Waals surface area contributed by atoms with Gasteiger partial charge in [0.25, 0.3) is 5.91 Å². The predicted octanol–water partition coefficient (Wildman–Crippen LogP) is 2.15. The average Bonchev–Trinajstić information content (AvgIpc) is 3.20. The van der Waals surface area contributed by atoms with Crippen LogP contribution in [0.25, 0.3) is 0 Å². The van der Waals surface area contributed by atoms with E-state index in [0.717, 1.165) is 19.4 Å². The van der Waals surface area contributed by atoms with E-state index >= 15 is 0 Å². The first-order valence-electron chi connectivity index (χ1n) is 8.40. The molecule has 1 saturated heterocycles. The monoisotopic (exact) mass is 358 g/mol. The van der Waals surface area contributed by atoms with Crippen LogP contribution < -0.4 is 20.1 Å². The van der Waals surface area contributed by atoms with Crippen LogP contribution in [-0.2, 0) is 4.74 Å². The number of rotatable bonds is 7. The molecule has 0 spiro atoms. The van der Waals surface area contributed by atoms with Crippen molar-refractivity contribution in [1.82, 2.24) is 15.3 Å². The molecule has 8 nitrogen and oxygen atoms in total. The molecule has 0 aliphatic carbocycles. The SMILES string of the molecule is COc1ccc(Nc2ncc(C(=O)NCC3CCCO3)cn2)c(OC)c1. The highest BCUT2D eigenvalue weighted by Gasteiger charge is 2.17. The molecule has 1 aliphatic heterocycles. The molecule has 26 heavy (non-hydrogen) atoms. The minimum Gasteiger partial charge on any atom is -0.497 e. The number of nitrogens with one attached hydrogen (secondary N) is 2. The standard InChI is InChI=1S/C18H22N4O4/c1-24-13-5-6-15(16(8-13)25-2)22-18-20-9-12(10-21-18)17(23)19-11-14-4-3-7-26-14/h5-6,8-10,14H,3-4,7,11H2,1-2H3,(H,19,23)(H,20,21,22). The van der Waals surface area contributed by atoms with Gasteiger partial charge in [0.05, 0.1) is 31.6 Å². The van der Waals surface area contributed by atoms with Gasteiger partial charge in [-0.25, -0.2) is 9.97 Å². The van der Waals surface area contributed by atoms with Crippen LogP contribution in [0.2, 0.25) is 0 Å². The Morgan fingerprint density at radius 1 is 1.27 bits per heavy atom. The maximum Gasteiger partial charge on any atom is 0.254 e. The number of methoxy groups -OCH3 is 2. The van der Waals surface area contributed by atoms with Crippen LogP contribution in [0.5, 0.6) is 11.5 Å². The van der Waals surface area contributed by atoms with Crippen LogP contribution in [0.4, 0.5) is 11.6 Å². The molecule has 8 heteroatoms. The van der Waals surface area contributed by atoms with Crippen molar-refractivity contribution in [3.05, 3.63) is 36.2 Å². The molecule has 1 aromatic carbocycles. The van der Waals surface area contributed by atoms with E-state index in [9.17, 15) is 4.79 Å². The van der Waals surface area contributed by atoms with E-state index in [4.69, 9.17) is 14.2 Å². The number of benzene rings is 1. The molecular weight excluding hydrogens is 336 g/mol. The highest BCUT2D eigenvalue weighted by molar-refractivity contribution is 5.93. The van der Waals surface area contributed by atoms with Crippen LogP contribution in [0.15, 0.2) is 30.6 Å². The van der Waals surface area contributed by atoms with E-state index in [1.807, 2.05) is 6.07 Å². The molecule has 1 fully saturated rings. The molecule has 0 radical (unpaired) electrons. The van der Waals surface area contributed by atoms with Gasteiger partial charge in [-0.3, -0.25) is 4.79 Å². The summed E-state index contributed by atoms with van der Waals surface area (Å²) in [6, 6.07) is 5.37. The van der Waals surface area contributed by atoms with Crippen molar-refractivity contribution in [3.63, 3.8) is 0 Å². The lowest BCUT2D eigenvalue weighted by molar-refractivity contribution is 0.0857. The van der Waals surface area contributed by atoms with Crippen LogP contribution >= 0.6 is 0 Å². The second kappa shape index (κ2) is 8.48. The second-order valence-electron chi connectivity index (χ2n) is 5.83. The maximum atomic E-state index is 12.1. The first kappa shape index (κ1) is 17.9. The summed E-state index contributed by atoms with van der Waals surface area (Å²) in [6.07, 6.45) is 5.08. The summed E-state index contributed by atoms with van der Waals surface area (Å²) in [4.78, 5) is 20.5. The smallest absolute Gasteiger partial charge is 0.254 e. The summed E-state index contributed by atoms with van der Waals surface area (Å²) in [5, 5.41) is 5.91. The lowest BCUT2D eigenvalue weighted by Crippen LogP contribution is -2.31. The molecule has 1 amide bonds. The van der Waals surface area contributed by atoms with Gasteiger partial charge in [0.2, 0.25) is 5.95 Å². The average molecular weight is 358 g/mol. The summed E-state index contributed by atoms with van der Waals surface area (Å²) in [6.45, 7) is 1.26. The minimum absolute atomic E-state index is 0.100. The molecule has 1 aromatic heterocycles. The molecular formula is C18H22N4O4. The lowest BCUT2D eigenvalue weighted by Gasteiger charge is -2.12. The van der Waals surface area contributed by atoms with E-state index < -0.39 is 0 Å². The van der Waals surface area contributed by atoms with Crippen molar-refractivity contribution in [2.45, 2.75) is 18.9 Å². The summed E-state index contributed by atoms with van der Waals surface area (Å²) in [7, 11) is 3.16. The lowest BCUT2D eigenvalue weighted by atomic mass is 10.2. The Morgan fingerprint density at radius 2 is 2.08 bits per heavy atom. The molecule has 0 bridgehead atoms. The van der Waals surface area contributed by atoms with E-state index in [-0.39, 0.29) is 12.0 Å². The fraction of sp³-hybridized carbons (Fsp3) is 0.389. The number of anilines is 2. The minimum atomic E-state index is -0.214. The third-order valence-electron chi connectivity index (χ3n) is 4.08. The molecule has 2 N–H and O–H groups in total. The first-order valence-corrected chi connectivity index (χ1v) is 8.40. The van der Waals surface area contributed by atoms with Crippen molar-refractivity contribution < 1.29 is 19.0 Å². The van der Waals surface area contributed by atoms with E-state index in [0.29, 0.717) is 35.2 Å². The predicted molar refractivity (Wildman–Crippen MR) is 96.2 cm³/mol. The summed E-state index contributed by atoms with van der Waals surface area (Å²) >= 11 is 0. The van der Waals surface area contributed by atoms with Crippen LogP contribution in [0.3, 0.4) is 0 Å². The number of carbonyl (C=O) groups is 1. The molecule has 2 heterocycles. The van der Waals surface area contributed by atoms with Crippen LogP contribution in [0.1, 0.15) is 23.2 Å². The summed E-state index contributed by atoms with van der Waals surface area (Å²) < 4.78 is 16.0. The number of amides is 1. The number of carbonyl (C=O) groups excluding carboxylic acids is 1. The molecule has 138 valence electrons. The van der Waals surface area contributed by atoms with Gasteiger partial charge in [0.15, 0.2) is 0 Å². The van der Waals surface area contributed by atoms with Crippen molar-refractivity contribution >= 4 is 17.5 Å². The van der Waals surface area contributed by atoms with Gasteiger partial charge in [-0.05, 0) is 25.0 Å². The van der Waals surface area contributed by atoms with E-state index in [2.05, 4.69) is 20.6 Å². The third-order valence-corrected chi connectivity index (χ3v) is 4.08. The molecule has 3 rings (SSSR count).